The van der Waals surface area contributed by atoms with Gasteiger partial charge in [-0.3, -0.25) is 4.90 Å². The van der Waals surface area contributed by atoms with E-state index in [2.05, 4.69) is 57.2 Å². The summed E-state index contributed by atoms with van der Waals surface area (Å²) in [6, 6.07) is 24.6. The second-order valence-electron chi connectivity index (χ2n) is 8.93. The first-order valence-electron chi connectivity index (χ1n) is 12.9. The largest absolute Gasteiger partial charge is 0.497 e. The first-order chi connectivity index (χ1) is 18.2. The number of ether oxygens (including phenoxy) is 3. The minimum absolute atomic E-state index is 0.827. The van der Waals surface area contributed by atoms with Crippen molar-refractivity contribution < 1.29 is 14.2 Å². The van der Waals surface area contributed by atoms with Gasteiger partial charge in [0, 0.05) is 58.9 Å². The van der Waals surface area contributed by atoms with Gasteiger partial charge in [0.25, 0.3) is 0 Å². The molecule has 7 heteroatoms. The maximum Gasteiger partial charge on any atom is 0.119 e. The number of methoxy groups -OCH3 is 3. The van der Waals surface area contributed by atoms with Crippen LogP contribution >= 0.6 is 0 Å². The van der Waals surface area contributed by atoms with Crippen LogP contribution in [0.1, 0.15) is 16.7 Å². The molecule has 200 valence electrons. The van der Waals surface area contributed by atoms with Crippen LogP contribution in [-0.2, 0) is 19.6 Å². The van der Waals surface area contributed by atoms with Crippen LogP contribution < -0.4 is 30.2 Å². The van der Waals surface area contributed by atoms with E-state index in [4.69, 9.17) is 14.2 Å². The number of rotatable bonds is 18. The number of hydrogen-bond donors (Lipinski definition) is 3. The van der Waals surface area contributed by atoms with E-state index in [1.807, 2.05) is 36.4 Å². The van der Waals surface area contributed by atoms with Crippen molar-refractivity contribution in [3.8, 4) is 17.2 Å². The summed E-state index contributed by atoms with van der Waals surface area (Å²) in [6.07, 6.45) is 0. The Balaban J connectivity index is 1.43. The molecule has 0 bridgehead atoms. The average Bonchev–Trinajstić information content (AvgIpc) is 2.95. The fourth-order valence-electron chi connectivity index (χ4n) is 4.09. The van der Waals surface area contributed by atoms with Crippen molar-refractivity contribution in [2.45, 2.75) is 19.6 Å². The molecule has 0 radical (unpaired) electrons. The van der Waals surface area contributed by atoms with Crippen molar-refractivity contribution >= 4 is 0 Å². The van der Waals surface area contributed by atoms with Gasteiger partial charge in [-0.25, -0.2) is 0 Å². The quantitative estimate of drug-likeness (QED) is 0.228. The lowest BCUT2D eigenvalue weighted by Crippen LogP contribution is -2.40. The maximum absolute atomic E-state index is 5.34. The van der Waals surface area contributed by atoms with E-state index in [9.17, 15) is 0 Å². The first kappa shape index (κ1) is 28.5. The van der Waals surface area contributed by atoms with Crippen LogP contribution in [0.2, 0.25) is 0 Å². The van der Waals surface area contributed by atoms with Gasteiger partial charge in [0.05, 0.1) is 21.3 Å². The molecule has 7 nitrogen and oxygen atoms in total. The molecule has 0 saturated heterocycles. The molecule has 0 aromatic heterocycles. The molecular weight excluding hydrogens is 464 g/mol. The van der Waals surface area contributed by atoms with Crippen LogP contribution in [0.25, 0.3) is 0 Å². The molecule has 0 spiro atoms. The summed E-state index contributed by atoms with van der Waals surface area (Å²) in [7, 11) is 5.11. The predicted octanol–water partition coefficient (Wildman–Crippen LogP) is 3.68. The second-order valence-corrected chi connectivity index (χ2v) is 8.93. The topological polar surface area (TPSA) is 67.0 Å². The highest BCUT2D eigenvalue weighted by atomic mass is 16.5. The summed E-state index contributed by atoms with van der Waals surface area (Å²) in [5.41, 5.74) is 3.68. The zero-order chi connectivity index (χ0) is 26.1. The highest BCUT2D eigenvalue weighted by molar-refractivity contribution is 5.29. The van der Waals surface area contributed by atoms with Gasteiger partial charge in [0.1, 0.15) is 17.2 Å². The van der Waals surface area contributed by atoms with Crippen molar-refractivity contribution in [2.75, 3.05) is 60.6 Å². The van der Waals surface area contributed by atoms with E-state index in [1.165, 1.54) is 16.7 Å². The third kappa shape index (κ3) is 10.8. The SMILES string of the molecule is COc1cccc(CNCCN(CCNCc2cccc(OC)c2)CCNCc2cccc(OC)c2)c1. The fraction of sp³-hybridized carbons (Fsp3) is 0.400. The van der Waals surface area contributed by atoms with Gasteiger partial charge in [-0.05, 0) is 53.1 Å². The molecule has 0 heterocycles. The Morgan fingerprint density at radius 2 is 0.838 bits per heavy atom. The molecule has 0 aliphatic heterocycles. The van der Waals surface area contributed by atoms with Crippen LogP contribution in [0.15, 0.2) is 72.8 Å². The van der Waals surface area contributed by atoms with Crippen LogP contribution in [-0.4, -0.2) is 65.5 Å². The lowest BCUT2D eigenvalue weighted by Gasteiger charge is -2.23. The number of nitrogens with zero attached hydrogens (tertiary/aromatic N) is 1. The van der Waals surface area contributed by atoms with Gasteiger partial charge in [-0.15, -0.1) is 0 Å². The highest BCUT2D eigenvalue weighted by Crippen LogP contribution is 2.13. The van der Waals surface area contributed by atoms with E-state index in [-0.39, 0.29) is 0 Å². The molecule has 0 saturated carbocycles. The Morgan fingerprint density at radius 3 is 1.14 bits per heavy atom. The smallest absolute Gasteiger partial charge is 0.119 e. The van der Waals surface area contributed by atoms with E-state index < -0.39 is 0 Å². The standard InChI is InChI=1S/C30H42N4O3/c1-35-28-10-4-7-25(19-28)22-31-13-16-34(17-14-32-23-26-8-5-11-29(20-26)36-2)18-15-33-24-27-9-6-12-30(21-27)37-3/h4-12,19-21,31-33H,13-18,22-24H2,1-3H3. The molecule has 0 atom stereocenters. The van der Waals surface area contributed by atoms with Gasteiger partial charge >= 0.3 is 0 Å². The Kier molecular flexibility index (Phi) is 12.8. The van der Waals surface area contributed by atoms with Crippen LogP contribution in [0, 0.1) is 0 Å². The number of nitrogens with one attached hydrogen (secondary N) is 3. The first-order valence-corrected chi connectivity index (χ1v) is 12.9. The van der Waals surface area contributed by atoms with E-state index in [0.29, 0.717) is 0 Å². The molecule has 0 aliphatic carbocycles. The molecule has 37 heavy (non-hydrogen) atoms. The molecule has 0 fully saturated rings. The maximum atomic E-state index is 5.34. The summed E-state index contributed by atoms with van der Waals surface area (Å²) in [4.78, 5) is 2.50. The van der Waals surface area contributed by atoms with E-state index in [0.717, 1.165) is 76.2 Å². The van der Waals surface area contributed by atoms with Gasteiger partial charge < -0.3 is 30.2 Å². The van der Waals surface area contributed by atoms with E-state index in [1.54, 1.807) is 21.3 Å². The fourth-order valence-corrected chi connectivity index (χ4v) is 4.09. The average molecular weight is 507 g/mol. The van der Waals surface area contributed by atoms with Crippen molar-refractivity contribution in [2.24, 2.45) is 0 Å². The minimum Gasteiger partial charge on any atom is -0.497 e. The van der Waals surface area contributed by atoms with Gasteiger partial charge in [0.2, 0.25) is 0 Å². The normalized spacial score (nSPS) is 11.0. The third-order valence-corrected chi connectivity index (χ3v) is 6.20. The van der Waals surface area contributed by atoms with Crippen molar-refractivity contribution in [1.29, 1.82) is 0 Å². The van der Waals surface area contributed by atoms with Crippen molar-refractivity contribution in [1.82, 2.24) is 20.9 Å². The molecule has 0 unspecified atom stereocenters. The van der Waals surface area contributed by atoms with E-state index >= 15 is 0 Å². The van der Waals surface area contributed by atoms with Gasteiger partial charge in [-0.2, -0.15) is 0 Å². The summed E-state index contributed by atoms with van der Waals surface area (Å²) < 4.78 is 16.0. The van der Waals surface area contributed by atoms with Crippen LogP contribution in [0.5, 0.6) is 17.2 Å². The highest BCUT2D eigenvalue weighted by Gasteiger charge is 2.06. The molecule has 3 aromatic carbocycles. The zero-order valence-electron chi connectivity index (χ0n) is 22.5. The lowest BCUT2D eigenvalue weighted by atomic mass is 10.2. The van der Waals surface area contributed by atoms with Crippen LogP contribution in [0.3, 0.4) is 0 Å². The molecule has 3 aromatic rings. The summed E-state index contributed by atoms with van der Waals surface area (Å²) in [5.74, 6) is 2.68. The Labute approximate surface area is 222 Å². The third-order valence-electron chi connectivity index (χ3n) is 6.20. The van der Waals surface area contributed by atoms with Gasteiger partial charge in [-0.1, -0.05) is 36.4 Å². The monoisotopic (exact) mass is 506 g/mol. The zero-order valence-corrected chi connectivity index (χ0v) is 22.5. The van der Waals surface area contributed by atoms with Crippen molar-refractivity contribution in [3.63, 3.8) is 0 Å². The Hall–Kier alpha value is -3.10. The number of benzene rings is 3. The second kappa shape index (κ2) is 16.6. The lowest BCUT2D eigenvalue weighted by molar-refractivity contribution is 0.271. The molecule has 3 N–H and O–H groups in total. The summed E-state index contributed by atoms with van der Waals surface area (Å²) >= 11 is 0. The van der Waals surface area contributed by atoms with Crippen molar-refractivity contribution in [3.05, 3.63) is 89.5 Å². The van der Waals surface area contributed by atoms with Gasteiger partial charge in [0.15, 0.2) is 0 Å². The molecule has 0 amide bonds. The predicted molar refractivity (Wildman–Crippen MR) is 151 cm³/mol. The molecule has 0 aliphatic rings. The minimum atomic E-state index is 0.827. The summed E-state index contributed by atoms with van der Waals surface area (Å²) in [5, 5.41) is 10.7. The van der Waals surface area contributed by atoms with Crippen LogP contribution in [0.4, 0.5) is 0 Å². The Morgan fingerprint density at radius 1 is 0.514 bits per heavy atom. The molecular formula is C30H42N4O3. The summed E-state index contributed by atoms with van der Waals surface area (Å²) in [6.45, 7) is 8.17. The number of hydrogen-bond acceptors (Lipinski definition) is 7. The molecule has 3 rings (SSSR count). The Bertz CT molecular complexity index is 915.